The highest BCUT2D eigenvalue weighted by atomic mass is 32.2. The highest BCUT2D eigenvalue weighted by Gasteiger charge is 2.37. The minimum Gasteiger partial charge on any atom is -0.453 e. The number of nitrogens with one attached hydrogen (secondary N) is 1. The van der Waals surface area contributed by atoms with Crippen LogP contribution in [-0.2, 0) is 11.3 Å². The molecule has 4 rings (SSSR count). The summed E-state index contributed by atoms with van der Waals surface area (Å²) in [6.07, 6.45) is 1.48. The van der Waals surface area contributed by atoms with E-state index in [4.69, 9.17) is 4.42 Å². The quantitative estimate of drug-likeness (QED) is 0.862. The van der Waals surface area contributed by atoms with E-state index in [2.05, 4.69) is 25.0 Å². The van der Waals surface area contributed by atoms with Crippen LogP contribution in [-0.4, -0.2) is 81.6 Å². The molecule has 2 aliphatic heterocycles. The molecule has 1 atom stereocenters. The van der Waals surface area contributed by atoms with Gasteiger partial charge in [0.05, 0.1) is 6.54 Å². The molecule has 24 heavy (non-hydrogen) atoms. The number of H-pyrrole nitrogens is 1. The van der Waals surface area contributed by atoms with Crippen LogP contribution in [0.2, 0.25) is 0 Å². The Morgan fingerprint density at radius 1 is 1.33 bits per heavy atom. The van der Waals surface area contributed by atoms with E-state index in [0.717, 1.165) is 50.1 Å². The van der Waals surface area contributed by atoms with Crippen molar-refractivity contribution in [1.82, 2.24) is 29.9 Å². The van der Waals surface area contributed by atoms with Gasteiger partial charge in [-0.25, -0.2) is 4.98 Å². The molecule has 2 saturated heterocycles. The molecule has 0 spiro atoms. The van der Waals surface area contributed by atoms with Gasteiger partial charge in [0.15, 0.2) is 10.2 Å². The smallest absolute Gasteiger partial charge is 0.241 e. The molecule has 4 heterocycles. The second-order valence-electron chi connectivity index (χ2n) is 6.16. The van der Waals surface area contributed by atoms with Gasteiger partial charge >= 0.3 is 0 Å². The first-order valence-electron chi connectivity index (χ1n) is 8.02. The van der Waals surface area contributed by atoms with Crippen molar-refractivity contribution in [2.24, 2.45) is 0 Å². The molecular formula is C15H20N6O2S. The SMILES string of the molecule is CN1CCN2CCN(Cc3ccc(Sc4ncn[nH]4)o3)C[C@H]2C1=O. The van der Waals surface area contributed by atoms with Gasteiger partial charge in [0.1, 0.15) is 18.1 Å². The number of aromatic amines is 1. The fourth-order valence-electron chi connectivity index (χ4n) is 3.22. The van der Waals surface area contributed by atoms with Crippen molar-refractivity contribution < 1.29 is 9.21 Å². The number of hydrogen-bond donors (Lipinski definition) is 1. The number of fused-ring (bicyclic) bond motifs is 1. The van der Waals surface area contributed by atoms with Gasteiger partial charge in [-0.15, -0.1) is 0 Å². The summed E-state index contributed by atoms with van der Waals surface area (Å²) in [6, 6.07) is 3.91. The Morgan fingerprint density at radius 2 is 2.21 bits per heavy atom. The fraction of sp³-hybridized carbons (Fsp3) is 0.533. The summed E-state index contributed by atoms with van der Waals surface area (Å²) in [5.74, 6) is 1.13. The lowest BCUT2D eigenvalue weighted by Crippen LogP contribution is -2.63. The third-order valence-corrected chi connectivity index (χ3v) is 5.38. The Hall–Kier alpha value is -1.84. The van der Waals surface area contributed by atoms with E-state index in [0.29, 0.717) is 5.16 Å². The summed E-state index contributed by atoms with van der Waals surface area (Å²) in [7, 11) is 1.89. The lowest BCUT2D eigenvalue weighted by Gasteiger charge is -2.45. The Labute approximate surface area is 144 Å². The van der Waals surface area contributed by atoms with Crippen LogP contribution in [0.25, 0.3) is 0 Å². The number of aromatic nitrogens is 3. The minimum absolute atomic E-state index is 0.0181. The number of furan rings is 1. The number of nitrogens with zero attached hydrogens (tertiary/aromatic N) is 5. The van der Waals surface area contributed by atoms with Crippen LogP contribution in [0.4, 0.5) is 0 Å². The van der Waals surface area contributed by atoms with Crippen LogP contribution < -0.4 is 0 Å². The Bertz CT molecular complexity index is 703. The van der Waals surface area contributed by atoms with Gasteiger partial charge in [0.2, 0.25) is 5.91 Å². The zero-order valence-electron chi connectivity index (χ0n) is 13.5. The Balaban J connectivity index is 1.37. The van der Waals surface area contributed by atoms with E-state index in [1.807, 2.05) is 24.1 Å². The topological polar surface area (TPSA) is 81.5 Å². The normalized spacial score (nSPS) is 22.8. The van der Waals surface area contributed by atoms with Gasteiger partial charge in [-0.1, -0.05) is 0 Å². The summed E-state index contributed by atoms with van der Waals surface area (Å²) >= 11 is 1.41. The minimum atomic E-state index is -0.0181. The average molecular weight is 348 g/mol. The van der Waals surface area contributed by atoms with Crippen LogP contribution in [0.3, 0.4) is 0 Å². The van der Waals surface area contributed by atoms with E-state index in [1.54, 1.807) is 0 Å². The molecular weight excluding hydrogens is 328 g/mol. The van der Waals surface area contributed by atoms with Gasteiger partial charge in [0.25, 0.3) is 0 Å². The summed E-state index contributed by atoms with van der Waals surface area (Å²) in [5.41, 5.74) is 0. The highest BCUT2D eigenvalue weighted by molar-refractivity contribution is 7.99. The molecule has 2 aliphatic rings. The second-order valence-corrected chi connectivity index (χ2v) is 7.15. The first-order valence-corrected chi connectivity index (χ1v) is 8.84. The van der Waals surface area contributed by atoms with Gasteiger partial charge in [-0.2, -0.15) is 5.10 Å². The zero-order chi connectivity index (χ0) is 16.5. The van der Waals surface area contributed by atoms with Crippen LogP contribution >= 0.6 is 11.8 Å². The Morgan fingerprint density at radius 3 is 3.04 bits per heavy atom. The standard InChI is InChI=1S/C15H20N6O2S/c1-19-4-6-21-7-5-20(9-12(21)14(19)22)8-11-2-3-13(23-11)24-15-16-10-17-18-15/h2-3,10,12H,4-9H2,1H3,(H,16,17,18)/t12-/m0/s1. The van der Waals surface area contributed by atoms with Crippen molar-refractivity contribution in [3.05, 3.63) is 24.2 Å². The number of piperazine rings is 2. The van der Waals surface area contributed by atoms with Crippen LogP contribution in [0, 0.1) is 0 Å². The van der Waals surface area contributed by atoms with Crippen molar-refractivity contribution in [3.63, 3.8) is 0 Å². The first-order chi connectivity index (χ1) is 11.7. The number of likely N-dealkylation sites (N-methyl/N-ethyl adjacent to an activating group) is 1. The molecule has 0 radical (unpaired) electrons. The summed E-state index contributed by atoms with van der Waals surface area (Å²) in [4.78, 5) is 22.9. The molecule has 2 fully saturated rings. The van der Waals surface area contributed by atoms with Crippen LogP contribution in [0.15, 0.2) is 33.1 Å². The molecule has 0 saturated carbocycles. The molecule has 2 aromatic heterocycles. The molecule has 1 amide bonds. The van der Waals surface area contributed by atoms with Gasteiger partial charge in [-0.3, -0.25) is 19.7 Å². The Kier molecular flexibility index (Phi) is 4.30. The van der Waals surface area contributed by atoms with Gasteiger partial charge < -0.3 is 9.32 Å². The van der Waals surface area contributed by atoms with Gasteiger partial charge in [-0.05, 0) is 23.9 Å². The maximum Gasteiger partial charge on any atom is 0.241 e. The van der Waals surface area contributed by atoms with E-state index >= 15 is 0 Å². The second kappa shape index (κ2) is 6.58. The van der Waals surface area contributed by atoms with E-state index in [1.165, 1.54) is 18.1 Å². The fourth-order valence-corrected chi connectivity index (χ4v) is 3.90. The largest absolute Gasteiger partial charge is 0.453 e. The number of rotatable bonds is 4. The monoisotopic (exact) mass is 348 g/mol. The van der Waals surface area contributed by atoms with Crippen LogP contribution in [0.5, 0.6) is 0 Å². The van der Waals surface area contributed by atoms with Crippen molar-refractivity contribution in [2.75, 3.05) is 39.8 Å². The van der Waals surface area contributed by atoms with E-state index in [-0.39, 0.29) is 11.9 Å². The van der Waals surface area contributed by atoms with Crippen molar-refractivity contribution in [2.45, 2.75) is 22.8 Å². The molecule has 0 bridgehead atoms. The number of carbonyl (C=O) groups excluding carboxylic acids is 1. The predicted octanol–water partition coefficient (Wildman–Crippen LogP) is 0.507. The maximum absolute atomic E-state index is 12.4. The van der Waals surface area contributed by atoms with Crippen molar-refractivity contribution >= 4 is 17.7 Å². The zero-order valence-corrected chi connectivity index (χ0v) is 14.3. The molecule has 2 aromatic rings. The summed E-state index contributed by atoms with van der Waals surface area (Å²) in [6.45, 7) is 5.17. The van der Waals surface area contributed by atoms with Crippen molar-refractivity contribution in [3.8, 4) is 0 Å². The van der Waals surface area contributed by atoms with Crippen molar-refractivity contribution in [1.29, 1.82) is 0 Å². The predicted molar refractivity (Wildman–Crippen MR) is 87.5 cm³/mol. The summed E-state index contributed by atoms with van der Waals surface area (Å²) in [5, 5.41) is 8.12. The first kappa shape index (κ1) is 15.7. The van der Waals surface area contributed by atoms with E-state index < -0.39 is 0 Å². The average Bonchev–Trinajstić information content (AvgIpc) is 3.24. The highest BCUT2D eigenvalue weighted by Crippen LogP contribution is 2.27. The molecule has 0 unspecified atom stereocenters. The molecule has 8 nitrogen and oxygen atoms in total. The number of carbonyl (C=O) groups is 1. The third kappa shape index (κ3) is 3.19. The molecule has 128 valence electrons. The van der Waals surface area contributed by atoms with E-state index in [9.17, 15) is 4.79 Å². The molecule has 0 aliphatic carbocycles. The molecule has 1 N–H and O–H groups in total. The molecule has 9 heteroatoms. The third-order valence-electron chi connectivity index (χ3n) is 4.57. The molecule has 0 aromatic carbocycles. The van der Waals surface area contributed by atoms with Crippen LogP contribution in [0.1, 0.15) is 5.76 Å². The number of amides is 1. The number of hydrogen-bond acceptors (Lipinski definition) is 7. The lowest BCUT2D eigenvalue weighted by molar-refractivity contribution is -0.143. The maximum atomic E-state index is 12.4. The lowest BCUT2D eigenvalue weighted by atomic mass is 10.1. The summed E-state index contributed by atoms with van der Waals surface area (Å²) < 4.78 is 5.87. The van der Waals surface area contributed by atoms with Gasteiger partial charge in [0, 0.05) is 39.8 Å².